The number of rotatable bonds is 2. The SMILES string of the molecule is O=C1/C(=C/C=CC2=C([O-])c3ccccc3OC2)S(=O)(=O)Oc2ccccc21. The molecular weight excluding hydrogens is 368 g/mol. The molecule has 0 fully saturated rings. The maximum absolute atomic E-state index is 12.5. The third kappa shape index (κ3) is 3.02. The van der Waals surface area contributed by atoms with Crippen molar-refractivity contribution in [1.82, 2.24) is 0 Å². The number of ketones is 1. The van der Waals surface area contributed by atoms with Gasteiger partial charge >= 0.3 is 10.1 Å². The molecule has 2 aromatic carbocycles. The maximum Gasteiger partial charge on any atom is 0.343 e. The van der Waals surface area contributed by atoms with Crippen LogP contribution in [-0.2, 0) is 10.1 Å². The van der Waals surface area contributed by atoms with Crippen molar-refractivity contribution in [3.05, 3.63) is 88.4 Å². The van der Waals surface area contributed by atoms with Crippen molar-refractivity contribution in [1.29, 1.82) is 0 Å². The lowest BCUT2D eigenvalue weighted by Gasteiger charge is -2.26. The van der Waals surface area contributed by atoms with Gasteiger partial charge in [-0.05, 0) is 29.8 Å². The largest absolute Gasteiger partial charge is 0.872 e. The van der Waals surface area contributed by atoms with Gasteiger partial charge in [-0.15, -0.1) is 0 Å². The summed E-state index contributed by atoms with van der Waals surface area (Å²) in [7, 11) is -4.22. The van der Waals surface area contributed by atoms with E-state index in [0.29, 0.717) is 16.9 Å². The van der Waals surface area contributed by atoms with Crippen molar-refractivity contribution in [2.24, 2.45) is 0 Å². The summed E-state index contributed by atoms with van der Waals surface area (Å²) >= 11 is 0. The first-order valence-corrected chi connectivity index (χ1v) is 9.47. The summed E-state index contributed by atoms with van der Waals surface area (Å²) in [4.78, 5) is 12.0. The molecule has 0 aromatic heterocycles. The number of benzene rings is 2. The average molecular weight is 381 g/mol. The molecule has 27 heavy (non-hydrogen) atoms. The topological polar surface area (TPSA) is 92.7 Å². The van der Waals surface area contributed by atoms with E-state index in [2.05, 4.69) is 0 Å². The Morgan fingerprint density at radius 3 is 2.41 bits per heavy atom. The number of para-hydroxylation sites is 2. The molecule has 7 heteroatoms. The second-order valence-corrected chi connectivity index (χ2v) is 7.41. The van der Waals surface area contributed by atoms with Gasteiger partial charge in [0.2, 0.25) is 5.78 Å². The third-order valence-corrected chi connectivity index (χ3v) is 5.43. The number of fused-ring (bicyclic) bond motifs is 2. The van der Waals surface area contributed by atoms with Crippen LogP contribution in [0, 0.1) is 0 Å². The standard InChI is InChI=1S/C20H14O6S/c21-19-13(12-25-16-9-3-1-7-14(16)19)6-5-11-18-20(22)15-8-2-4-10-17(15)26-27(18,23)24/h1-11,21H,12H2/p-1/b6-5?,18-11-. The van der Waals surface area contributed by atoms with Crippen molar-refractivity contribution in [3.8, 4) is 11.5 Å². The lowest BCUT2D eigenvalue weighted by Crippen LogP contribution is -2.25. The Kier molecular flexibility index (Phi) is 4.08. The zero-order valence-electron chi connectivity index (χ0n) is 13.9. The third-order valence-electron chi connectivity index (χ3n) is 4.18. The van der Waals surface area contributed by atoms with Gasteiger partial charge in [0.1, 0.15) is 12.4 Å². The Labute approximate surface area is 155 Å². The molecule has 0 spiro atoms. The zero-order chi connectivity index (χ0) is 19.0. The number of allylic oxidation sites excluding steroid dienone is 3. The van der Waals surface area contributed by atoms with E-state index in [4.69, 9.17) is 8.92 Å². The first-order chi connectivity index (χ1) is 13.0. The molecule has 2 aromatic rings. The highest BCUT2D eigenvalue weighted by atomic mass is 32.2. The van der Waals surface area contributed by atoms with E-state index < -0.39 is 20.8 Å². The number of Topliss-reactive ketones (excluding diaryl/α,β-unsaturated/α-hetero) is 1. The van der Waals surface area contributed by atoms with Crippen LogP contribution in [0.2, 0.25) is 0 Å². The maximum atomic E-state index is 12.5. The van der Waals surface area contributed by atoms with Crippen LogP contribution < -0.4 is 14.0 Å². The Morgan fingerprint density at radius 2 is 1.63 bits per heavy atom. The summed E-state index contributed by atoms with van der Waals surface area (Å²) in [5.74, 6) is -0.340. The monoisotopic (exact) mass is 381 g/mol. The lowest BCUT2D eigenvalue weighted by atomic mass is 10.0. The van der Waals surface area contributed by atoms with Crippen molar-refractivity contribution in [2.75, 3.05) is 6.61 Å². The molecule has 136 valence electrons. The van der Waals surface area contributed by atoms with Crippen molar-refractivity contribution < 1.29 is 27.2 Å². The van der Waals surface area contributed by atoms with Crippen LogP contribution in [0.3, 0.4) is 0 Å². The fourth-order valence-electron chi connectivity index (χ4n) is 2.84. The summed E-state index contributed by atoms with van der Waals surface area (Å²) in [5.41, 5.74) is 0.966. The van der Waals surface area contributed by atoms with Gasteiger partial charge < -0.3 is 14.0 Å². The minimum atomic E-state index is -4.22. The van der Waals surface area contributed by atoms with E-state index in [0.717, 1.165) is 6.08 Å². The van der Waals surface area contributed by atoms with Gasteiger partial charge in [0.25, 0.3) is 0 Å². The van der Waals surface area contributed by atoms with Gasteiger partial charge in [-0.3, -0.25) is 4.79 Å². The Balaban J connectivity index is 1.68. The van der Waals surface area contributed by atoms with E-state index >= 15 is 0 Å². The summed E-state index contributed by atoms with van der Waals surface area (Å²) in [6.45, 7) is 0.0650. The van der Waals surface area contributed by atoms with Crippen LogP contribution in [-0.4, -0.2) is 20.8 Å². The number of hydrogen-bond acceptors (Lipinski definition) is 6. The Bertz CT molecular complexity index is 1140. The molecule has 0 radical (unpaired) electrons. The highest BCUT2D eigenvalue weighted by Gasteiger charge is 2.35. The average Bonchev–Trinajstić information content (AvgIpc) is 2.66. The van der Waals surface area contributed by atoms with Gasteiger partial charge in [0.15, 0.2) is 10.7 Å². The van der Waals surface area contributed by atoms with Crippen molar-refractivity contribution >= 4 is 21.7 Å². The van der Waals surface area contributed by atoms with Gasteiger partial charge in [-0.1, -0.05) is 48.2 Å². The predicted molar refractivity (Wildman–Crippen MR) is 96.4 cm³/mol. The Hall–Kier alpha value is -3.32. The predicted octanol–water partition coefficient (Wildman–Crippen LogP) is 2.20. The van der Waals surface area contributed by atoms with Crippen LogP contribution in [0.25, 0.3) is 5.76 Å². The van der Waals surface area contributed by atoms with E-state index in [-0.39, 0.29) is 23.7 Å². The van der Waals surface area contributed by atoms with E-state index in [1.54, 1.807) is 36.4 Å². The first kappa shape index (κ1) is 17.1. The number of hydrogen-bond donors (Lipinski definition) is 0. The molecule has 0 unspecified atom stereocenters. The fourth-order valence-corrected chi connectivity index (χ4v) is 3.90. The lowest BCUT2D eigenvalue weighted by molar-refractivity contribution is -0.245. The van der Waals surface area contributed by atoms with Gasteiger partial charge in [-0.25, -0.2) is 0 Å². The van der Waals surface area contributed by atoms with Crippen molar-refractivity contribution in [3.63, 3.8) is 0 Å². The molecule has 6 nitrogen and oxygen atoms in total. The minimum absolute atomic E-state index is 0.00506. The van der Waals surface area contributed by atoms with Crippen LogP contribution in [0.15, 0.2) is 77.2 Å². The van der Waals surface area contributed by atoms with Crippen LogP contribution >= 0.6 is 0 Å². The summed E-state index contributed by atoms with van der Waals surface area (Å²) in [6, 6.07) is 13.0. The fraction of sp³-hybridized carbons (Fsp3) is 0.0500. The van der Waals surface area contributed by atoms with E-state index in [1.807, 2.05) is 0 Å². The highest BCUT2D eigenvalue weighted by Crippen LogP contribution is 2.32. The summed E-state index contributed by atoms with van der Waals surface area (Å²) < 4.78 is 34.9. The minimum Gasteiger partial charge on any atom is -0.872 e. The molecule has 0 bridgehead atoms. The summed E-state index contributed by atoms with van der Waals surface area (Å²) in [6.07, 6.45) is 3.91. The van der Waals surface area contributed by atoms with Crippen molar-refractivity contribution in [2.45, 2.75) is 0 Å². The molecule has 0 amide bonds. The molecule has 0 aliphatic carbocycles. The number of carbonyl (C=O) groups is 1. The second kappa shape index (κ2) is 6.44. The van der Waals surface area contributed by atoms with Gasteiger partial charge in [0.05, 0.1) is 5.56 Å². The molecule has 2 heterocycles. The van der Waals surface area contributed by atoms with Crippen LogP contribution in [0.4, 0.5) is 0 Å². The van der Waals surface area contributed by atoms with Crippen LogP contribution in [0.5, 0.6) is 11.5 Å². The molecular formula is C20H13O6S-. The van der Waals surface area contributed by atoms with Crippen LogP contribution in [0.1, 0.15) is 15.9 Å². The zero-order valence-corrected chi connectivity index (χ0v) is 14.7. The number of carbonyl (C=O) groups excluding carboxylic acids is 1. The van der Waals surface area contributed by atoms with E-state index in [9.17, 15) is 18.3 Å². The molecule has 0 atom stereocenters. The van der Waals surface area contributed by atoms with Gasteiger partial charge in [0, 0.05) is 5.56 Å². The molecule has 4 rings (SSSR count). The summed E-state index contributed by atoms with van der Waals surface area (Å²) in [5, 5.41) is 12.5. The smallest absolute Gasteiger partial charge is 0.343 e. The molecule has 0 saturated heterocycles. The first-order valence-electron chi connectivity index (χ1n) is 8.06. The normalized spacial score (nSPS) is 19.4. The van der Waals surface area contributed by atoms with Gasteiger partial charge in [-0.2, -0.15) is 8.42 Å². The molecule has 2 aliphatic rings. The quantitative estimate of drug-likeness (QED) is 0.585. The highest BCUT2D eigenvalue weighted by molar-refractivity contribution is 7.92. The number of ether oxygens (including phenoxy) is 1. The molecule has 2 aliphatic heterocycles. The second-order valence-electron chi connectivity index (χ2n) is 5.89. The molecule has 0 saturated carbocycles. The van der Waals surface area contributed by atoms with E-state index in [1.165, 1.54) is 24.3 Å². The molecule has 0 N–H and O–H groups in total. The Morgan fingerprint density at radius 1 is 0.963 bits per heavy atom.